The molecule has 1 aliphatic carbocycles. The number of likely N-dealkylation sites (N-methyl/N-ethyl adjacent to an activating group) is 1. The van der Waals surface area contributed by atoms with E-state index in [1.165, 1.54) is 12.0 Å². The highest BCUT2D eigenvalue weighted by molar-refractivity contribution is 5.79. The van der Waals surface area contributed by atoms with Gasteiger partial charge in [-0.15, -0.1) is 11.7 Å². The molecule has 2 unspecified atom stereocenters. The molecule has 0 radical (unpaired) electrons. The summed E-state index contributed by atoms with van der Waals surface area (Å²) in [6.07, 6.45) is 11.9. The van der Waals surface area contributed by atoms with Gasteiger partial charge < -0.3 is 4.90 Å². The first-order valence-corrected chi connectivity index (χ1v) is 9.85. The third kappa shape index (κ3) is 3.34. The van der Waals surface area contributed by atoms with Gasteiger partial charge in [-0.1, -0.05) is 17.4 Å². The van der Waals surface area contributed by atoms with E-state index in [9.17, 15) is 4.79 Å². The van der Waals surface area contributed by atoms with Crippen molar-refractivity contribution in [3.63, 3.8) is 0 Å². The van der Waals surface area contributed by atoms with Gasteiger partial charge in [0, 0.05) is 26.2 Å². The van der Waals surface area contributed by atoms with Crippen LogP contribution in [0.5, 0.6) is 0 Å². The molecule has 3 saturated heterocycles. The van der Waals surface area contributed by atoms with E-state index in [1.54, 1.807) is 6.08 Å². The molecule has 3 aliphatic heterocycles. The van der Waals surface area contributed by atoms with Crippen molar-refractivity contribution < 1.29 is 4.79 Å². The Hall–Kier alpha value is -1.95. The summed E-state index contributed by atoms with van der Waals surface area (Å²) in [5, 5.41) is 8.73. The first kappa shape index (κ1) is 17.5. The van der Waals surface area contributed by atoms with Crippen molar-refractivity contribution in [3.8, 4) is 0 Å². The predicted molar refractivity (Wildman–Crippen MR) is 101 cm³/mol. The molecule has 1 aromatic rings. The van der Waals surface area contributed by atoms with Gasteiger partial charge in [0.2, 0.25) is 5.91 Å². The molecule has 26 heavy (non-hydrogen) atoms. The van der Waals surface area contributed by atoms with E-state index >= 15 is 0 Å². The largest absolute Gasteiger partial charge is 0.342 e. The van der Waals surface area contributed by atoms with E-state index in [2.05, 4.69) is 34.1 Å². The van der Waals surface area contributed by atoms with Gasteiger partial charge in [0.05, 0.1) is 18.7 Å². The molecule has 0 aromatic carbocycles. The summed E-state index contributed by atoms with van der Waals surface area (Å²) in [4.78, 5) is 17.0. The monoisotopic (exact) mass is 355 g/mol. The van der Waals surface area contributed by atoms with Gasteiger partial charge in [-0.25, -0.2) is 0 Å². The Morgan fingerprint density at radius 2 is 2.38 bits per heavy atom. The van der Waals surface area contributed by atoms with Crippen molar-refractivity contribution in [1.29, 1.82) is 0 Å². The van der Waals surface area contributed by atoms with Gasteiger partial charge in [0.1, 0.15) is 5.69 Å². The lowest BCUT2D eigenvalue weighted by Crippen LogP contribution is -2.58. The van der Waals surface area contributed by atoms with Crippen LogP contribution in [0.15, 0.2) is 24.9 Å². The minimum Gasteiger partial charge on any atom is -0.342 e. The van der Waals surface area contributed by atoms with E-state index in [1.807, 2.05) is 16.6 Å². The van der Waals surface area contributed by atoms with E-state index in [0.717, 1.165) is 51.0 Å². The maximum Gasteiger partial charge on any atom is 0.227 e. The lowest BCUT2D eigenvalue weighted by atomic mass is 9.75. The molecule has 4 atom stereocenters. The highest BCUT2D eigenvalue weighted by Gasteiger charge is 2.44. The Morgan fingerprint density at radius 3 is 3.08 bits per heavy atom. The Balaban J connectivity index is 1.39. The number of carbonyl (C=O) groups is 1. The topological polar surface area (TPSA) is 54.3 Å². The number of allylic oxidation sites excluding steroid dienone is 2. The minimum absolute atomic E-state index is 0.139. The average Bonchev–Trinajstić information content (AvgIpc) is 3.33. The molecule has 4 aliphatic rings. The highest BCUT2D eigenvalue weighted by Crippen LogP contribution is 2.37. The summed E-state index contributed by atoms with van der Waals surface area (Å²) in [7, 11) is 1.88. The van der Waals surface area contributed by atoms with Crippen LogP contribution in [0.2, 0.25) is 0 Å². The maximum absolute atomic E-state index is 12.7. The average molecular weight is 355 g/mol. The van der Waals surface area contributed by atoms with Crippen LogP contribution in [0.1, 0.15) is 37.8 Å². The van der Waals surface area contributed by atoms with Crippen LogP contribution in [0.3, 0.4) is 0 Å². The predicted octanol–water partition coefficient (Wildman–Crippen LogP) is 2.20. The minimum atomic E-state index is 0.139. The van der Waals surface area contributed by atoms with Crippen LogP contribution in [0.25, 0.3) is 5.57 Å². The summed E-state index contributed by atoms with van der Waals surface area (Å²) in [6.45, 7) is 7.22. The first-order valence-electron chi connectivity index (χ1n) is 9.85. The smallest absolute Gasteiger partial charge is 0.227 e. The summed E-state index contributed by atoms with van der Waals surface area (Å²) in [6, 6.07) is 0.467. The molecule has 1 aromatic heterocycles. The number of hydrogen-bond acceptors (Lipinski definition) is 4. The zero-order valence-electron chi connectivity index (χ0n) is 15.7. The molecule has 0 N–H and O–H groups in total. The highest BCUT2D eigenvalue weighted by atomic mass is 16.2. The fraction of sp³-hybridized carbons (Fsp3) is 0.650. The normalized spacial score (nSPS) is 30.3. The van der Waals surface area contributed by atoms with Crippen molar-refractivity contribution in [3.05, 3.63) is 30.6 Å². The fourth-order valence-electron chi connectivity index (χ4n) is 4.83. The van der Waals surface area contributed by atoms with Gasteiger partial charge in [0.15, 0.2) is 0 Å². The number of amides is 1. The fourth-order valence-corrected chi connectivity index (χ4v) is 4.83. The van der Waals surface area contributed by atoms with Crippen LogP contribution >= 0.6 is 0 Å². The van der Waals surface area contributed by atoms with Gasteiger partial charge in [-0.05, 0) is 50.1 Å². The Labute approximate surface area is 155 Å². The second-order valence-electron chi connectivity index (χ2n) is 7.99. The van der Waals surface area contributed by atoms with Gasteiger partial charge >= 0.3 is 0 Å². The number of hydrogen-bond donors (Lipinski definition) is 0. The zero-order chi connectivity index (χ0) is 18.1. The van der Waals surface area contributed by atoms with Gasteiger partial charge in [-0.2, -0.15) is 0 Å². The van der Waals surface area contributed by atoms with Crippen LogP contribution < -0.4 is 0 Å². The number of rotatable bonds is 6. The molecular formula is C20H29N5O. The number of fused-ring (bicyclic) bond motifs is 3. The number of aromatic nitrogens is 3. The summed E-state index contributed by atoms with van der Waals surface area (Å²) < 4.78 is 2.00. The molecule has 6 nitrogen and oxygen atoms in total. The van der Waals surface area contributed by atoms with Crippen molar-refractivity contribution in [2.45, 2.75) is 44.7 Å². The Kier molecular flexibility index (Phi) is 4.94. The van der Waals surface area contributed by atoms with Crippen LogP contribution in [0, 0.1) is 11.8 Å². The van der Waals surface area contributed by atoms with Crippen LogP contribution in [-0.4, -0.2) is 63.4 Å². The third-order valence-electron chi connectivity index (χ3n) is 6.28. The van der Waals surface area contributed by atoms with Crippen LogP contribution in [0.4, 0.5) is 0 Å². The second kappa shape index (κ2) is 7.35. The van der Waals surface area contributed by atoms with Gasteiger partial charge in [-0.3, -0.25) is 14.4 Å². The van der Waals surface area contributed by atoms with E-state index in [0.29, 0.717) is 18.5 Å². The lowest BCUT2D eigenvalue weighted by Gasteiger charge is -2.49. The van der Waals surface area contributed by atoms with Gasteiger partial charge in [0.25, 0.3) is 0 Å². The summed E-state index contributed by atoms with van der Waals surface area (Å²) >= 11 is 0. The number of piperidine rings is 3. The Bertz CT molecular complexity index is 709. The molecule has 6 heteroatoms. The molecule has 0 spiro atoms. The van der Waals surface area contributed by atoms with E-state index in [-0.39, 0.29) is 11.8 Å². The van der Waals surface area contributed by atoms with Crippen molar-refractivity contribution >= 4 is 11.5 Å². The van der Waals surface area contributed by atoms with Crippen molar-refractivity contribution in [2.75, 3.05) is 26.7 Å². The lowest BCUT2D eigenvalue weighted by molar-refractivity contribution is -0.142. The SMILES string of the molecule is C=CCN(C)C(=O)[C@H]1CN2CCC1C[C@@H]2Cn1cc(C2=CCCC2)nn1. The summed E-state index contributed by atoms with van der Waals surface area (Å²) in [5.74, 6) is 0.902. The molecule has 5 rings (SSSR count). The quantitative estimate of drug-likeness (QED) is 0.734. The molecule has 3 fully saturated rings. The van der Waals surface area contributed by atoms with Crippen molar-refractivity contribution in [2.24, 2.45) is 11.8 Å². The number of carbonyl (C=O) groups excluding carboxylic acids is 1. The molecule has 1 amide bonds. The van der Waals surface area contributed by atoms with E-state index in [4.69, 9.17) is 0 Å². The molecule has 140 valence electrons. The molecule has 0 saturated carbocycles. The first-order chi connectivity index (χ1) is 12.7. The number of nitrogens with zero attached hydrogens (tertiary/aromatic N) is 5. The zero-order valence-corrected chi connectivity index (χ0v) is 15.7. The van der Waals surface area contributed by atoms with Crippen LogP contribution in [-0.2, 0) is 11.3 Å². The maximum atomic E-state index is 12.7. The Morgan fingerprint density at radius 1 is 1.50 bits per heavy atom. The van der Waals surface area contributed by atoms with E-state index < -0.39 is 0 Å². The molecule has 2 bridgehead atoms. The summed E-state index contributed by atoms with van der Waals surface area (Å²) in [5.41, 5.74) is 2.38. The third-order valence-corrected chi connectivity index (χ3v) is 6.28. The standard InChI is InChI=1S/C20H29N5O/c1-3-9-23(2)20(26)18-13-24-10-8-16(18)11-17(24)12-25-14-19(21-22-25)15-6-4-5-7-15/h3,6,14,16-18H,1,4-5,7-13H2,2H3/t16?,17-,18+/m1/s1. The molecule has 4 heterocycles. The molecular weight excluding hydrogens is 326 g/mol. The van der Waals surface area contributed by atoms with Crippen molar-refractivity contribution in [1.82, 2.24) is 24.8 Å². The second-order valence-corrected chi connectivity index (χ2v) is 7.99.